The molecule has 2 aromatic heterocycles. The molecule has 2 N–H and O–H groups in total. The molecule has 2 rings (SSSR count). The normalized spacial score (nSPS) is 10.0. The van der Waals surface area contributed by atoms with Gasteiger partial charge in [0.15, 0.2) is 0 Å². The molecule has 60 valence electrons. The summed E-state index contributed by atoms with van der Waals surface area (Å²) in [6.07, 6.45) is 3.43. The molecule has 0 aliphatic carbocycles. The first-order chi connectivity index (χ1) is 5.88. The zero-order chi connectivity index (χ0) is 8.39. The molecule has 0 saturated carbocycles. The van der Waals surface area contributed by atoms with Crippen LogP contribution in [-0.4, -0.2) is 20.4 Å². The molecule has 0 amide bonds. The summed E-state index contributed by atoms with van der Waals surface area (Å²) in [4.78, 5) is 3.97. The van der Waals surface area contributed by atoms with Gasteiger partial charge in [-0.15, -0.1) is 0 Å². The highest BCUT2D eigenvalue weighted by atomic mass is 32.1. The first-order valence-electron chi connectivity index (χ1n) is 3.41. The van der Waals surface area contributed by atoms with Gasteiger partial charge in [-0.3, -0.25) is 10.1 Å². The monoisotopic (exact) mass is 178 g/mol. The molecule has 0 atom stereocenters. The molecule has 4 nitrogen and oxygen atoms in total. The van der Waals surface area contributed by atoms with Crippen LogP contribution in [0.4, 0.5) is 0 Å². The predicted octanol–water partition coefficient (Wildman–Crippen LogP) is 1.53. The lowest BCUT2D eigenvalue weighted by Gasteiger charge is -1.90. The lowest BCUT2D eigenvalue weighted by Crippen LogP contribution is -1.79. The maximum Gasteiger partial charge on any atom is 0.147 e. The van der Waals surface area contributed by atoms with E-state index >= 15 is 0 Å². The Kier molecular flexibility index (Phi) is 1.71. The Bertz CT molecular complexity index is 416. The minimum atomic E-state index is 0.600. The molecule has 2 heterocycles. The first kappa shape index (κ1) is 7.17. The van der Waals surface area contributed by atoms with Gasteiger partial charge in [-0.25, -0.2) is 5.21 Å². The number of nitrogens with zero attached hydrogens (tertiary/aromatic N) is 2. The standard InChI is InChI=1S/C7H6N4S/c12-7-6(9-11-10-7)5-2-1-3-8-4-5/h1-4H,(H2,9,10,11,12). The topological polar surface area (TPSA) is 57.4 Å². The van der Waals surface area contributed by atoms with E-state index in [1.807, 2.05) is 12.1 Å². The van der Waals surface area contributed by atoms with Crippen LogP contribution in [0.25, 0.3) is 11.3 Å². The van der Waals surface area contributed by atoms with Gasteiger partial charge in [0, 0.05) is 18.0 Å². The molecule has 0 saturated heterocycles. The largest absolute Gasteiger partial charge is 0.273 e. The average molecular weight is 178 g/mol. The van der Waals surface area contributed by atoms with Gasteiger partial charge in [-0.2, -0.15) is 5.10 Å². The summed E-state index contributed by atoms with van der Waals surface area (Å²) in [7, 11) is 0. The highest BCUT2D eigenvalue weighted by Crippen LogP contribution is 2.13. The maximum absolute atomic E-state index is 4.99. The summed E-state index contributed by atoms with van der Waals surface area (Å²) in [6.45, 7) is 0. The summed E-state index contributed by atoms with van der Waals surface area (Å²) < 4.78 is 0.600. The fraction of sp³-hybridized carbons (Fsp3) is 0. The van der Waals surface area contributed by atoms with E-state index < -0.39 is 0 Å². The van der Waals surface area contributed by atoms with Crippen LogP contribution < -0.4 is 0 Å². The van der Waals surface area contributed by atoms with E-state index in [-0.39, 0.29) is 0 Å². The smallest absolute Gasteiger partial charge is 0.147 e. The summed E-state index contributed by atoms with van der Waals surface area (Å²) >= 11 is 4.99. The number of nitrogens with one attached hydrogen (secondary N) is 2. The van der Waals surface area contributed by atoms with Crippen LogP contribution in [0, 0.1) is 4.64 Å². The molecule has 12 heavy (non-hydrogen) atoms. The van der Waals surface area contributed by atoms with Crippen molar-refractivity contribution in [3.05, 3.63) is 29.2 Å². The fourth-order valence-electron chi connectivity index (χ4n) is 0.943. The molecule has 0 fully saturated rings. The van der Waals surface area contributed by atoms with Crippen molar-refractivity contribution < 1.29 is 0 Å². The third-order valence-corrected chi connectivity index (χ3v) is 1.78. The Labute approximate surface area is 73.7 Å². The number of H-pyrrole nitrogens is 2. The van der Waals surface area contributed by atoms with Crippen LogP contribution in [-0.2, 0) is 0 Å². The number of rotatable bonds is 1. The summed E-state index contributed by atoms with van der Waals surface area (Å²) in [6, 6.07) is 3.76. The van der Waals surface area contributed by atoms with Crippen molar-refractivity contribution in [3.63, 3.8) is 0 Å². The Morgan fingerprint density at radius 3 is 2.92 bits per heavy atom. The summed E-state index contributed by atoms with van der Waals surface area (Å²) in [5.41, 5.74) is 1.65. The molecular weight excluding hydrogens is 172 g/mol. The van der Waals surface area contributed by atoms with E-state index in [1.54, 1.807) is 12.4 Å². The van der Waals surface area contributed by atoms with Gasteiger partial charge in [0.2, 0.25) is 0 Å². The third kappa shape index (κ3) is 1.14. The predicted molar refractivity (Wildman–Crippen MR) is 47.0 cm³/mol. The van der Waals surface area contributed by atoms with Gasteiger partial charge in [0.1, 0.15) is 10.3 Å². The van der Waals surface area contributed by atoms with Gasteiger partial charge < -0.3 is 0 Å². The molecule has 0 spiro atoms. The lowest BCUT2D eigenvalue weighted by atomic mass is 10.2. The number of pyridine rings is 1. The van der Waals surface area contributed by atoms with E-state index in [1.165, 1.54) is 0 Å². The second kappa shape index (κ2) is 2.86. The van der Waals surface area contributed by atoms with Gasteiger partial charge in [0.25, 0.3) is 0 Å². The van der Waals surface area contributed by atoms with Gasteiger partial charge >= 0.3 is 0 Å². The molecule has 0 unspecified atom stereocenters. The second-order valence-corrected chi connectivity index (χ2v) is 2.68. The quantitative estimate of drug-likeness (QED) is 0.651. The third-order valence-electron chi connectivity index (χ3n) is 1.49. The SMILES string of the molecule is S=c1[nH][nH]nc1-c1cccnc1. The first-order valence-corrected chi connectivity index (χ1v) is 3.82. The highest BCUT2D eigenvalue weighted by Gasteiger charge is 2.00. The van der Waals surface area contributed by atoms with Gasteiger partial charge in [-0.1, -0.05) is 12.2 Å². The highest BCUT2D eigenvalue weighted by molar-refractivity contribution is 7.71. The van der Waals surface area contributed by atoms with Crippen LogP contribution >= 0.6 is 12.2 Å². The van der Waals surface area contributed by atoms with E-state index in [0.717, 1.165) is 11.3 Å². The number of hydrogen-bond donors (Lipinski definition) is 2. The van der Waals surface area contributed by atoms with E-state index in [4.69, 9.17) is 12.2 Å². The van der Waals surface area contributed by atoms with Crippen LogP contribution in [0.3, 0.4) is 0 Å². The molecule has 0 aliphatic rings. The zero-order valence-corrected chi connectivity index (χ0v) is 6.93. The minimum Gasteiger partial charge on any atom is -0.273 e. The van der Waals surface area contributed by atoms with Crippen LogP contribution in [0.1, 0.15) is 0 Å². The van der Waals surface area contributed by atoms with Crippen molar-refractivity contribution >= 4 is 12.2 Å². The molecule has 5 heteroatoms. The van der Waals surface area contributed by atoms with Crippen LogP contribution in [0.2, 0.25) is 0 Å². The molecule has 0 radical (unpaired) electrons. The number of aromatic nitrogens is 4. The summed E-state index contributed by atoms with van der Waals surface area (Å²) in [5, 5.41) is 9.27. The zero-order valence-electron chi connectivity index (χ0n) is 6.11. The Hall–Kier alpha value is -1.49. The minimum absolute atomic E-state index is 0.600. The van der Waals surface area contributed by atoms with Crippen molar-refractivity contribution in [1.29, 1.82) is 0 Å². The van der Waals surface area contributed by atoms with Crippen molar-refractivity contribution in [2.45, 2.75) is 0 Å². The van der Waals surface area contributed by atoms with E-state index in [2.05, 4.69) is 20.4 Å². The van der Waals surface area contributed by atoms with Crippen molar-refractivity contribution in [2.24, 2.45) is 0 Å². The Morgan fingerprint density at radius 2 is 2.33 bits per heavy atom. The van der Waals surface area contributed by atoms with Crippen molar-refractivity contribution in [2.75, 3.05) is 0 Å². The van der Waals surface area contributed by atoms with E-state index in [9.17, 15) is 0 Å². The molecular formula is C7H6N4S. The Morgan fingerprint density at radius 1 is 1.42 bits per heavy atom. The van der Waals surface area contributed by atoms with Crippen molar-refractivity contribution in [1.82, 2.24) is 20.4 Å². The fourth-order valence-corrected chi connectivity index (χ4v) is 1.15. The second-order valence-electron chi connectivity index (χ2n) is 2.27. The Balaban J connectivity index is 2.59. The number of hydrogen-bond acceptors (Lipinski definition) is 3. The number of aromatic amines is 2. The summed E-state index contributed by atoms with van der Waals surface area (Å²) in [5.74, 6) is 0. The average Bonchev–Trinajstić information content (AvgIpc) is 2.53. The van der Waals surface area contributed by atoms with Gasteiger partial charge in [0.05, 0.1) is 0 Å². The van der Waals surface area contributed by atoms with Crippen LogP contribution in [0.5, 0.6) is 0 Å². The molecule has 2 aromatic rings. The van der Waals surface area contributed by atoms with Gasteiger partial charge in [-0.05, 0) is 12.1 Å². The molecule has 0 aliphatic heterocycles. The van der Waals surface area contributed by atoms with Crippen molar-refractivity contribution in [3.8, 4) is 11.3 Å². The van der Waals surface area contributed by atoms with E-state index in [0.29, 0.717) is 4.64 Å². The molecule has 0 aromatic carbocycles. The molecule has 0 bridgehead atoms. The van der Waals surface area contributed by atoms with Crippen LogP contribution in [0.15, 0.2) is 24.5 Å². The maximum atomic E-state index is 4.99. The lowest BCUT2D eigenvalue weighted by molar-refractivity contribution is 0.938.